The third-order valence-electron chi connectivity index (χ3n) is 5.71. The number of methoxy groups -OCH3 is 1. The topological polar surface area (TPSA) is 48.9 Å². The van der Waals surface area contributed by atoms with Crippen molar-refractivity contribution in [2.75, 3.05) is 33.8 Å². The summed E-state index contributed by atoms with van der Waals surface area (Å²) in [5, 5.41) is 7.18. The molecule has 144 valence electrons. The first-order valence-electron chi connectivity index (χ1n) is 10.2. The number of likely N-dealkylation sites (tertiary alicyclic amines) is 1. The van der Waals surface area contributed by atoms with Crippen molar-refractivity contribution in [3.05, 3.63) is 29.8 Å². The molecule has 5 heteroatoms. The standard InChI is InChI=1S/C21H34N4O/c1-22-21(24-18-8-4-5-9-18)23-16-20(25-14-6-3-7-15-25)17-10-12-19(26-2)13-11-17/h10-13,18,20H,3-9,14-16H2,1-2H3,(H2,22,23,24). The number of guanidine groups is 1. The summed E-state index contributed by atoms with van der Waals surface area (Å²) in [6.45, 7) is 3.22. The second-order valence-electron chi connectivity index (χ2n) is 7.46. The van der Waals surface area contributed by atoms with E-state index < -0.39 is 0 Å². The van der Waals surface area contributed by atoms with Gasteiger partial charge in [-0.05, 0) is 56.5 Å². The second-order valence-corrected chi connectivity index (χ2v) is 7.46. The molecule has 1 aliphatic carbocycles. The third-order valence-corrected chi connectivity index (χ3v) is 5.71. The Hall–Kier alpha value is -1.75. The molecule has 1 aromatic rings. The van der Waals surface area contributed by atoms with Crippen LogP contribution in [0.15, 0.2) is 29.3 Å². The van der Waals surface area contributed by atoms with Crippen LogP contribution in [0.25, 0.3) is 0 Å². The zero-order chi connectivity index (χ0) is 18.2. The Labute approximate surface area is 158 Å². The van der Waals surface area contributed by atoms with Gasteiger partial charge in [0.2, 0.25) is 0 Å². The van der Waals surface area contributed by atoms with E-state index in [1.54, 1.807) is 7.11 Å². The summed E-state index contributed by atoms with van der Waals surface area (Å²) in [7, 11) is 3.59. The molecule has 0 spiro atoms. The molecule has 26 heavy (non-hydrogen) atoms. The summed E-state index contributed by atoms with van der Waals surface area (Å²) >= 11 is 0. The summed E-state index contributed by atoms with van der Waals surface area (Å²) in [5.41, 5.74) is 1.34. The Morgan fingerprint density at radius 1 is 1.12 bits per heavy atom. The summed E-state index contributed by atoms with van der Waals surface area (Å²) in [4.78, 5) is 7.06. The van der Waals surface area contributed by atoms with Gasteiger partial charge in [-0.2, -0.15) is 0 Å². The molecule has 2 fully saturated rings. The highest BCUT2D eigenvalue weighted by atomic mass is 16.5. The van der Waals surface area contributed by atoms with E-state index in [9.17, 15) is 0 Å². The maximum absolute atomic E-state index is 5.33. The highest BCUT2D eigenvalue weighted by molar-refractivity contribution is 5.80. The zero-order valence-corrected chi connectivity index (χ0v) is 16.3. The van der Waals surface area contributed by atoms with Gasteiger partial charge in [0.15, 0.2) is 5.96 Å². The van der Waals surface area contributed by atoms with Crippen LogP contribution in [0.2, 0.25) is 0 Å². The number of hydrogen-bond acceptors (Lipinski definition) is 3. The third kappa shape index (κ3) is 5.13. The van der Waals surface area contributed by atoms with Crippen LogP contribution in [-0.4, -0.2) is 50.7 Å². The van der Waals surface area contributed by atoms with E-state index in [2.05, 4.69) is 44.8 Å². The zero-order valence-electron chi connectivity index (χ0n) is 16.3. The number of rotatable bonds is 6. The van der Waals surface area contributed by atoms with Crippen LogP contribution in [-0.2, 0) is 0 Å². The van der Waals surface area contributed by atoms with E-state index in [1.807, 2.05) is 7.05 Å². The monoisotopic (exact) mass is 358 g/mol. The Balaban J connectivity index is 1.65. The minimum Gasteiger partial charge on any atom is -0.497 e. The van der Waals surface area contributed by atoms with Crippen molar-refractivity contribution in [2.45, 2.75) is 57.0 Å². The van der Waals surface area contributed by atoms with Crippen LogP contribution >= 0.6 is 0 Å². The summed E-state index contributed by atoms with van der Waals surface area (Å²) in [5.74, 6) is 1.85. The maximum Gasteiger partial charge on any atom is 0.191 e. The summed E-state index contributed by atoms with van der Waals surface area (Å²) < 4.78 is 5.33. The molecule has 1 saturated heterocycles. The van der Waals surface area contributed by atoms with Crippen LogP contribution in [0.1, 0.15) is 56.6 Å². The fourth-order valence-corrected chi connectivity index (χ4v) is 4.17. The molecule has 1 atom stereocenters. The van der Waals surface area contributed by atoms with Crippen molar-refractivity contribution >= 4 is 5.96 Å². The number of ether oxygens (including phenoxy) is 1. The fraction of sp³-hybridized carbons (Fsp3) is 0.667. The molecule has 2 aliphatic rings. The predicted molar refractivity (Wildman–Crippen MR) is 108 cm³/mol. The van der Waals surface area contributed by atoms with Gasteiger partial charge in [0.25, 0.3) is 0 Å². The molecule has 0 amide bonds. The number of piperidine rings is 1. The summed E-state index contributed by atoms with van der Waals surface area (Å²) in [6, 6.07) is 9.48. The Morgan fingerprint density at radius 3 is 2.42 bits per heavy atom. The minimum absolute atomic E-state index is 0.364. The number of nitrogens with one attached hydrogen (secondary N) is 2. The van der Waals surface area contributed by atoms with E-state index >= 15 is 0 Å². The molecule has 2 N–H and O–H groups in total. The van der Waals surface area contributed by atoms with Gasteiger partial charge in [-0.3, -0.25) is 9.89 Å². The number of nitrogens with zero attached hydrogens (tertiary/aromatic N) is 2. The van der Waals surface area contributed by atoms with Crippen molar-refractivity contribution in [3.63, 3.8) is 0 Å². The minimum atomic E-state index is 0.364. The van der Waals surface area contributed by atoms with Gasteiger partial charge in [0, 0.05) is 19.6 Å². The van der Waals surface area contributed by atoms with Crippen molar-refractivity contribution in [1.29, 1.82) is 0 Å². The van der Waals surface area contributed by atoms with E-state index in [0.29, 0.717) is 12.1 Å². The smallest absolute Gasteiger partial charge is 0.191 e. The Kier molecular flexibility index (Phi) is 7.18. The average molecular weight is 359 g/mol. The molecule has 1 heterocycles. The highest BCUT2D eigenvalue weighted by Crippen LogP contribution is 2.26. The van der Waals surface area contributed by atoms with Crippen molar-refractivity contribution in [2.24, 2.45) is 4.99 Å². The van der Waals surface area contributed by atoms with E-state index in [4.69, 9.17) is 4.74 Å². The first-order valence-corrected chi connectivity index (χ1v) is 10.2. The number of aliphatic imine (C=N–C) groups is 1. The van der Waals surface area contributed by atoms with Crippen molar-refractivity contribution in [1.82, 2.24) is 15.5 Å². The maximum atomic E-state index is 5.33. The molecule has 1 aliphatic heterocycles. The second kappa shape index (κ2) is 9.81. The fourth-order valence-electron chi connectivity index (χ4n) is 4.17. The van der Waals surface area contributed by atoms with Crippen LogP contribution in [0.4, 0.5) is 0 Å². The van der Waals surface area contributed by atoms with Gasteiger partial charge in [-0.15, -0.1) is 0 Å². The van der Waals surface area contributed by atoms with Crippen LogP contribution < -0.4 is 15.4 Å². The van der Waals surface area contributed by atoms with Gasteiger partial charge >= 0.3 is 0 Å². The highest BCUT2D eigenvalue weighted by Gasteiger charge is 2.23. The molecular formula is C21H34N4O. The van der Waals surface area contributed by atoms with Crippen LogP contribution in [0.3, 0.4) is 0 Å². The van der Waals surface area contributed by atoms with Crippen LogP contribution in [0, 0.1) is 0 Å². The van der Waals surface area contributed by atoms with Crippen molar-refractivity contribution in [3.8, 4) is 5.75 Å². The Morgan fingerprint density at radius 2 is 1.81 bits per heavy atom. The van der Waals surface area contributed by atoms with E-state index in [-0.39, 0.29) is 0 Å². The molecule has 5 nitrogen and oxygen atoms in total. The lowest BCUT2D eigenvalue weighted by molar-refractivity contribution is 0.164. The van der Waals surface area contributed by atoms with Gasteiger partial charge in [-0.1, -0.05) is 31.4 Å². The lowest BCUT2D eigenvalue weighted by Gasteiger charge is -2.35. The number of benzene rings is 1. The Bertz CT molecular complexity index is 560. The van der Waals surface area contributed by atoms with Gasteiger partial charge in [0.05, 0.1) is 13.2 Å². The molecule has 0 radical (unpaired) electrons. The molecule has 0 aromatic heterocycles. The first kappa shape index (κ1) is 19.0. The summed E-state index contributed by atoms with van der Waals surface area (Å²) in [6.07, 6.45) is 9.12. The SMILES string of the molecule is CN=C(NCC(c1ccc(OC)cc1)N1CCCCC1)NC1CCCC1. The van der Waals surface area contributed by atoms with Gasteiger partial charge in [0.1, 0.15) is 5.75 Å². The lowest BCUT2D eigenvalue weighted by Crippen LogP contribution is -2.46. The molecular weight excluding hydrogens is 324 g/mol. The number of hydrogen-bond donors (Lipinski definition) is 2. The van der Waals surface area contributed by atoms with Crippen LogP contribution in [0.5, 0.6) is 5.75 Å². The predicted octanol–water partition coefficient (Wildman–Crippen LogP) is 3.33. The van der Waals surface area contributed by atoms with E-state index in [1.165, 1.54) is 63.6 Å². The quantitative estimate of drug-likeness (QED) is 0.605. The molecule has 3 rings (SSSR count). The van der Waals surface area contributed by atoms with E-state index in [0.717, 1.165) is 18.3 Å². The molecule has 0 bridgehead atoms. The lowest BCUT2D eigenvalue weighted by atomic mass is 10.0. The average Bonchev–Trinajstić information content (AvgIpc) is 3.21. The largest absolute Gasteiger partial charge is 0.497 e. The molecule has 1 unspecified atom stereocenters. The normalized spacial score (nSPS) is 20.8. The molecule has 1 saturated carbocycles. The first-order chi connectivity index (χ1) is 12.8. The van der Waals surface area contributed by atoms with Crippen molar-refractivity contribution < 1.29 is 4.74 Å². The van der Waals surface area contributed by atoms with Gasteiger partial charge < -0.3 is 15.4 Å². The molecule has 1 aromatic carbocycles. The van der Waals surface area contributed by atoms with Gasteiger partial charge in [-0.25, -0.2) is 0 Å².